The van der Waals surface area contributed by atoms with E-state index in [1.807, 2.05) is 54.2 Å². The molecule has 3 rings (SSSR count). The van der Waals surface area contributed by atoms with Gasteiger partial charge in [-0.3, -0.25) is 0 Å². The van der Waals surface area contributed by atoms with Crippen LogP contribution in [0.1, 0.15) is 35.4 Å². The first-order chi connectivity index (χ1) is 10.8. The molecule has 1 N–H and O–H groups in total. The summed E-state index contributed by atoms with van der Waals surface area (Å²) in [6.45, 7) is 0. The highest BCUT2D eigenvalue weighted by molar-refractivity contribution is 5.32. The molecule has 0 saturated carbocycles. The van der Waals surface area contributed by atoms with E-state index in [1.165, 1.54) is 11.1 Å². The van der Waals surface area contributed by atoms with Gasteiger partial charge in [-0.15, -0.1) is 0 Å². The van der Waals surface area contributed by atoms with Crippen molar-refractivity contribution in [3.63, 3.8) is 0 Å². The SMILES string of the molecule is Cn1ccnc1C(O)CC(c1ccccc1)c1ccccc1. The summed E-state index contributed by atoms with van der Waals surface area (Å²) in [6.07, 6.45) is 3.60. The van der Waals surface area contributed by atoms with Crippen molar-refractivity contribution in [2.24, 2.45) is 7.05 Å². The molecular weight excluding hydrogens is 272 g/mol. The molecule has 3 aromatic rings. The molecular formula is C19H20N2O. The second-order valence-electron chi connectivity index (χ2n) is 5.52. The lowest BCUT2D eigenvalue weighted by Gasteiger charge is -2.21. The second-order valence-corrected chi connectivity index (χ2v) is 5.52. The van der Waals surface area contributed by atoms with Gasteiger partial charge in [-0.2, -0.15) is 0 Å². The average Bonchev–Trinajstić information content (AvgIpc) is 3.00. The van der Waals surface area contributed by atoms with Crippen LogP contribution in [0.3, 0.4) is 0 Å². The zero-order valence-electron chi connectivity index (χ0n) is 12.6. The van der Waals surface area contributed by atoms with Crippen LogP contribution in [0.4, 0.5) is 0 Å². The Kier molecular flexibility index (Phi) is 4.35. The van der Waals surface area contributed by atoms with Gasteiger partial charge in [0.25, 0.3) is 0 Å². The first-order valence-corrected chi connectivity index (χ1v) is 7.51. The van der Waals surface area contributed by atoms with E-state index < -0.39 is 6.10 Å². The molecule has 0 fully saturated rings. The van der Waals surface area contributed by atoms with Gasteiger partial charge in [0.1, 0.15) is 11.9 Å². The molecule has 3 heteroatoms. The Bertz CT molecular complexity index is 667. The van der Waals surface area contributed by atoms with Gasteiger partial charge in [-0.25, -0.2) is 4.98 Å². The van der Waals surface area contributed by atoms with Crippen LogP contribution in [0, 0.1) is 0 Å². The van der Waals surface area contributed by atoms with E-state index in [2.05, 4.69) is 29.2 Å². The molecule has 0 saturated heterocycles. The molecule has 0 radical (unpaired) electrons. The fourth-order valence-corrected chi connectivity index (χ4v) is 2.86. The van der Waals surface area contributed by atoms with Gasteiger partial charge in [0.05, 0.1) is 0 Å². The van der Waals surface area contributed by atoms with Gasteiger partial charge in [-0.05, 0) is 17.5 Å². The number of aryl methyl sites for hydroxylation is 1. The largest absolute Gasteiger partial charge is 0.385 e. The Morgan fingerprint density at radius 3 is 1.95 bits per heavy atom. The van der Waals surface area contributed by atoms with Gasteiger partial charge in [0.2, 0.25) is 0 Å². The molecule has 0 aliphatic rings. The lowest BCUT2D eigenvalue weighted by atomic mass is 9.86. The molecule has 1 heterocycles. The van der Waals surface area contributed by atoms with Crippen molar-refractivity contribution < 1.29 is 5.11 Å². The molecule has 0 aliphatic heterocycles. The van der Waals surface area contributed by atoms with Crippen molar-refractivity contribution in [3.05, 3.63) is 90.0 Å². The minimum atomic E-state index is -0.592. The van der Waals surface area contributed by atoms with E-state index in [1.54, 1.807) is 6.20 Å². The first kappa shape index (κ1) is 14.5. The van der Waals surface area contributed by atoms with Crippen LogP contribution in [-0.2, 0) is 7.05 Å². The number of aromatic nitrogens is 2. The van der Waals surface area contributed by atoms with E-state index in [-0.39, 0.29) is 5.92 Å². The van der Waals surface area contributed by atoms with E-state index in [4.69, 9.17) is 0 Å². The molecule has 2 aromatic carbocycles. The highest BCUT2D eigenvalue weighted by Crippen LogP contribution is 2.33. The summed E-state index contributed by atoms with van der Waals surface area (Å²) in [5, 5.41) is 10.6. The van der Waals surface area contributed by atoms with Crippen LogP contribution < -0.4 is 0 Å². The van der Waals surface area contributed by atoms with Crippen molar-refractivity contribution >= 4 is 0 Å². The molecule has 1 atom stereocenters. The number of aliphatic hydroxyl groups is 1. The molecule has 112 valence electrons. The number of rotatable bonds is 5. The van der Waals surface area contributed by atoms with E-state index in [0.717, 1.165) is 0 Å². The monoisotopic (exact) mass is 292 g/mol. The minimum Gasteiger partial charge on any atom is -0.385 e. The molecule has 0 aliphatic carbocycles. The standard InChI is InChI=1S/C19H20N2O/c1-21-13-12-20-19(21)18(22)14-17(15-8-4-2-5-9-15)16-10-6-3-7-11-16/h2-13,17-18,22H,14H2,1H3. The van der Waals surface area contributed by atoms with Crippen molar-refractivity contribution in [3.8, 4) is 0 Å². The van der Waals surface area contributed by atoms with Crippen LogP contribution >= 0.6 is 0 Å². The minimum absolute atomic E-state index is 0.147. The van der Waals surface area contributed by atoms with Crippen LogP contribution in [0.5, 0.6) is 0 Å². The summed E-state index contributed by atoms with van der Waals surface area (Å²) >= 11 is 0. The van der Waals surface area contributed by atoms with Gasteiger partial charge < -0.3 is 9.67 Å². The Morgan fingerprint density at radius 2 is 1.50 bits per heavy atom. The summed E-state index contributed by atoms with van der Waals surface area (Å²) in [5.41, 5.74) is 2.42. The van der Waals surface area contributed by atoms with Crippen LogP contribution in [-0.4, -0.2) is 14.7 Å². The Balaban J connectivity index is 1.91. The molecule has 0 bridgehead atoms. The number of nitrogens with zero attached hydrogens (tertiary/aromatic N) is 2. The maximum absolute atomic E-state index is 10.6. The third-order valence-electron chi connectivity index (χ3n) is 4.02. The van der Waals surface area contributed by atoms with Crippen molar-refractivity contribution in [2.45, 2.75) is 18.4 Å². The molecule has 3 nitrogen and oxygen atoms in total. The maximum atomic E-state index is 10.6. The van der Waals surface area contributed by atoms with E-state index in [0.29, 0.717) is 12.2 Å². The number of hydrogen-bond donors (Lipinski definition) is 1. The second kappa shape index (κ2) is 6.58. The topological polar surface area (TPSA) is 38.0 Å². The third kappa shape index (κ3) is 3.10. The summed E-state index contributed by atoms with van der Waals surface area (Å²) in [4.78, 5) is 4.27. The lowest BCUT2D eigenvalue weighted by molar-refractivity contribution is 0.149. The molecule has 1 aromatic heterocycles. The average molecular weight is 292 g/mol. The van der Waals surface area contributed by atoms with Gasteiger partial charge in [0.15, 0.2) is 0 Å². The van der Waals surface area contributed by atoms with Gasteiger partial charge in [0, 0.05) is 25.4 Å². The fourth-order valence-electron chi connectivity index (χ4n) is 2.86. The Labute approximate surface area is 130 Å². The number of hydrogen-bond acceptors (Lipinski definition) is 2. The first-order valence-electron chi connectivity index (χ1n) is 7.51. The summed E-state index contributed by atoms with van der Waals surface area (Å²) in [7, 11) is 1.91. The number of aliphatic hydroxyl groups excluding tert-OH is 1. The van der Waals surface area contributed by atoms with Crippen LogP contribution in [0.25, 0.3) is 0 Å². The third-order valence-corrected chi connectivity index (χ3v) is 4.02. The predicted octanol–water partition coefficient (Wildman–Crippen LogP) is 3.68. The van der Waals surface area contributed by atoms with Crippen molar-refractivity contribution in [1.82, 2.24) is 9.55 Å². The molecule has 22 heavy (non-hydrogen) atoms. The van der Waals surface area contributed by atoms with Gasteiger partial charge in [-0.1, -0.05) is 60.7 Å². The highest BCUT2D eigenvalue weighted by atomic mass is 16.3. The van der Waals surface area contributed by atoms with E-state index in [9.17, 15) is 5.11 Å². The molecule has 1 unspecified atom stereocenters. The van der Waals surface area contributed by atoms with Crippen LogP contribution in [0.15, 0.2) is 73.1 Å². The van der Waals surface area contributed by atoms with Gasteiger partial charge >= 0.3 is 0 Å². The quantitative estimate of drug-likeness (QED) is 0.779. The normalized spacial score (nSPS) is 12.5. The number of benzene rings is 2. The predicted molar refractivity (Wildman–Crippen MR) is 87.5 cm³/mol. The highest BCUT2D eigenvalue weighted by Gasteiger charge is 2.21. The smallest absolute Gasteiger partial charge is 0.137 e. The summed E-state index contributed by atoms with van der Waals surface area (Å²) in [6, 6.07) is 20.6. The zero-order valence-corrected chi connectivity index (χ0v) is 12.6. The zero-order chi connectivity index (χ0) is 15.4. The van der Waals surface area contributed by atoms with Crippen molar-refractivity contribution in [2.75, 3.05) is 0 Å². The maximum Gasteiger partial charge on any atom is 0.137 e. The Morgan fingerprint density at radius 1 is 0.955 bits per heavy atom. The van der Waals surface area contributed by atoms with Crippen molar-refractivity contribution in [1.29, 1.82) is 0 Å². The Hall–Kier alpha value is -2.39. The fraction of sp³-hybridized carbons (Fsp3) is 0.211. The number of imidazole rings is 1. The summed E-state index contributed by atoms with van der Waals surface area (Å²) in [5.74, 6) is 0.853. The summed E-state index contributed by atoms with van der Waals surface area (Å²) < 4.78 is 1.87. The molecule has 0 amide bonds. The molecule has 0 spiro atoms. The lowest BCUT2D eigenvalue weighted by Crippen LogP contribution is -2.11. The van der Waals surface area contributed by atoms with Crippen LogP contribution in [0.2, 0.25) is 0 Å². The van der Waals surface area contributed by atoms with E-state index >= 15 is 0 Å².